The minimum Gasteiger partial charge on any atom is -0.496 e. The third kappa shape index (κ3) is 5.70. The van der Waals surface area contributed by atoms with E-state index >= 15 is 0 Å². The van der Waals surface area contributed by atoms with Crippen LogP contribution in [0.15, 0.2) is 77.7 Å². The average Bonchev–Trinajstić information content (AvgIpc) is 2.81. The Labute approximate surface area is 194 Å². The van der Waals surface area contributed by atoms with Gasteiger partial charge in [-0.1, -0.05) is 37.3 Å². The van der Waals surface area contributed by atoms with Gasteiger partial charge in [0.25, 0.3) is 10.0 Å². The number of para-hydroxylation sites is 1. The van der Waals surface area contributed by atoms with Gasteiger partial charge in [0.15, 0.2) is 0 Å². The Hall–Kier alpha value is -3.39. The third-order valence-corrected chi connectivity index (χ3v) is 7.09. The molecule has 0 radical (unpaired) electrons. The smallest absolute Gasteiger partial charge is 0.264 e. The molecule has 6 nitrogen and oxygen atoms in total. The number of sulfonamides is 1. The second-order valence-corrected chi connectivity index (χ2v) is 9.42. The molecule has 3 aromatic rings. The number of nitrogens with one attached hydrogen (secondary N) is 1. The van der Waals surface area contributed by atoms with Crippen LogP contribution in [0.25, 0.3) is 0 Å². The molecule has 0 bridgehead atoms. The zero-order valence-corrected chi connectivity index (χ0v) is 19.6. The van der Waals surface area contributed by atoms with Gasteiger partial charge in [-0.25, -0.2) is 12.8 Å². The first-order valence-corrected chi connectivity index (χ1v) is 12.0. The fourth-order valence-corrected chi connectivity index (χ4v) is 4.97. The number of hydrogen-bond donors (Lipinski definition) is 1. The lowest BCUT2D eigenvalue weighted by Crippen LogP contribution is -2.42. The predicted molar refractivity (Wildman–Crippen MR) is 126 cm³/mol. The number of hydrogen-bond acceptors (Lipinski definition) is 4. The number of ether oxygens (including phenoxy) is 1. The highest BCUT2D eigenvalue weighted by Crippen LogP contribution is 2.26. The molecule has 3 rings (SSSR count). The van der Waals surface area contributed by atoms with Crippen molar-refractivity contribution in [3.63, 3.8) is 0 Å². The van der Waals surface area contributed by atoms with Crippen molar-refractivity contribution < 1.29 is 22.3 Å². The Morgan fingerprint density at radius 3 is 2.30 bits per heavy atom. The lowest BCUT2D eigenvalue weighted by atomic mass is 10.0. The summed E-state index contributed by atoms with van der Waals surface area (Å²) in [4.78, 5) is 12.9. The van der Waals surface area contributed by atoms with Gasteiger partial charge in [-0.3, -0.25) is 9.10 Å². The summed E-state index contributed by atoms with van der Waals surface area (Å²) < 4.78 is 46.3. The van der Waals surface area contributed by atoms with E-state index in [0.717, 1.165) is 33.3 Å². The Morgan fingerprint density at radius 2 is 1.73 bits per heavy atom. The maximum Gasteiger partial charge on any atom is 0.264 e. The van der Waals surface area contributed by atoms with Crippen molar-refractivity contribution in [2.24, 2.45) is 0 Å². The molecule has 0 saturated carbocycles. The van der Waals surface area contributed by atoms with E-state index in [9.17, 15) is 17.6 Å². The Kier molecular flexibility index (Phi) is 7.71. The van der Waals surface area contributed by atoms with E-state index in [4.69, 9.17) is 4.74 Å². The Bertz CT molecular complexity index is 1200. The van der Waals surface area contributed by atoms with E-state index in [-0.39, 0.29) is 10.9 Å². The zero-order chi connectivity index (χ0) is 24.0. The molecule has 0 spiro atoms. The van der Waals surface area contributed by atoms with Crippen molar-refractivity contribution in [1.29, 1.82) is 0 Å². The summed E-state index contributed by atoms with van der Waals surface area (Å²) in [6.07, 6.45) is 0.619. The van der Waals surface area contributed by atoms with Crippen LogP contribution in [0.3, 0.4) is 0 Å². The molecule has 1 N–H and O–H groups in total. The monoisotopic (exact) mass is 470 g/mol. The minimum atomic E-state index is -4.10. The summed E-state index contributed by atoms with van der Waals surface area (Å²) in [6, 6.07) is 18.3. The molecule has 0 saturated heterocycles. The van der Waals surface area contributed by atoms with Gasteiger partial charge < -0.3 is 10.1 Å². The first-order chi connectivity index (χ1) is 15.8. The summed E-state index contributed by atoms with van der Waals surface area (Å²) >= 11 is 0. The van der Waals surface area contributed by atoms with E-state index < -0.39 is 28.3 Å². The Morgan fingerprint density at radius 1 is 1.06 bits per heavy atom. The van der Waals surface area contributed by atoms with Crippen LogP contribution in [-0.4, -0.2) is 28.0 Å². The molecule has 8 heteroatoms. The number of anilines is 1. The van der Waals surface area contributed by atoms with Gasteiger partial charge in [-0.05, 0) is 66.9 Å². The normalized spacial score (nSPS) is 12.1. The van der Waals surface area contributed by atoms with E-state index in [1.165, 1.54) is 12.1 Å². The molecule has 1 unspecified atom stereocenters. The largest absolute Gasteiger partial charge is 0.496 e. The summed E-state index contributed by atoms with van der Waals surface area (Å²) in [5.74, 6) is -0.246. The van der Waals surface area contributed by atoms with Crippen LogP contribution >= 0.6 is 0 Å². The molecule has 0 aliphatic carbocycles. The van der Waals surface area contributed by atoms with E-state index in [2.05, 4.69) is 5.32 Å². The van der Waals surface area contributed by atoms with Crippen LogP contribution in [0.5, 0.6) is 5.75 Å². The van der Waals surface area contributed by atoms with Crippen molar-refractivity contribution in [3.05, 3.63) is 89.7 Å². The van der Waals surface area contributed by atoms with Crippen molar-refractivity contribution in [1.82, 2.24) is 5.32 Å². The number of carbonyl (C=O) groups is 1. The van der Waals surface area contributed by atoms with E-state index in [0.29, 0.717) is 12.1 Å². The lowest BCUT2D eigenvalue weighted by Gasteiger charge is -2.26. The highest BCUT2D eigenvalue weighted by Gasteiger charge is 2.28. The number of methoxy groups -OCH3 is 1. The maximum atomic E-state index is 13.3. The van der Waals surface area contributed by atoms with Gasteiger partial charge in [0.2, 0.25) is 5.91 Å². The fourth-order valence-electron chi connectivity index (χ4n) is 3.55. The number of halogens is 1. The van der Waals surface area contributed by atoms with Crippen LogP contribution in [0.1, 0.15) is 30.5 Å². The van der Waals surface area contributed by atoms with Gasteiger partial charge >= 0.3 is 0 Å². The minimum absolute atomic E-state index is 0.0987. The molecular formula is C25H27FN2O4S. The van der Waals surface area contributed by atoms with Crippen LogP contribution in [0, 0.1) is 12.7 Å². The van der Waals surface area contributed by atoms with Crippen molar-refractivity contribution >= 4 is 21.6 Å². The summed E-state index contributed by atoms with van der Waals surface area (Å²) in [6.45, 7) is 3.44. The average molecular weight is 471 g/mol. The highest BCUT2D eigenvalue weighted by atomic mass is 32.2. The Balaban J connectivity index is 1.87. The van der Waals surface area contributed by atoms with Crippen LogP contribution in [0.4, 0.5) is 10.1 Å². The van der Waals surface area contributed by atoms with Crippen molar-refractivity contribution in [3.8, 4) is 5.75 Å². The summed E-state index contributed by atoms with van der Waals surface area (Å²) in [5.41, 5.74) is 2.18. The van der Waals surface area contributed by atoms with Crippen LogP contribution < -0.4 is 14.4 Å². The van der Waals surface area contributed by atoms with Crippen molar-refractivity contribution in [2.45, 2.75) is 31.2 Å². The number of rotatable bonds is 9. The van der Waals surface area contributed by atoms with Crippen LogP contribution in [0.2, 0.25) is 0 Å². The van der Waals surface area contributed by atoms with E-state index in [1.807, 2.05) is 32.0 Å². The molecule has 1 amide bonds. The van der Waals surface area contributed by atoms with E-state index in [1.54, 1.807) is 37.4 Å². The van der Waals surface area contributed by atoms with Gasteiger partial charge in [0.1, 0.15) is 18.1 Å². The topological polar surface area (TPSA) is 75.7 Å². The zero-order valence-electron chi connectivity index (χ0n) is 18.8. The predicted octanol–water partition coefficient (Wildman–Crippen LogP) is 4.61. The number of benzene rings is 3. The number of amides is 1. The first kappa shape index (κ1) is 24.3. The van der Waals surface area contributed by atoms with Gasteiger partial charge in [-0.15, -0.1) is 0 Å². The van der Waals surface area contributed by atoms with Crippen molar-refractivity contribution in [2.75, 3.05) is 18.0 Å². The number of nitrogens with zero attached hydrogens (tertiary/aromatic N) is 1. The molecule has 1 atom stereocenters. The second kappa shape index (κ2) is 10.5. The van der Waals surface area contributed by atoms with Gasteiger partial charge in [0, 0.05) is 0 Å². The molecule has 3 aromatic carbocycles. The van der Waals surface area contributed by atoms with Crippen LogP contribution in [-0.2, 0) is 14.8 Å². The second-order valence-electron chi connectivity index (χ2n) is 7.56. The fraction of sp³-hybridized carbons (Fsp3) is 0.240. The SMILES string of the molecule is CCC(NC(=O)CN(c1ccccc1)S(=O)(=O)c1ccc(F)cc1)c1ccc(OC)c(C)c1. The third-order valence-electron chi connectivity index (χ3n) is 5.30. The quantitative estimate of drug-likeness (QED) is 0.496. The first-order valence-electron chi connectivity index (χ1n) is 10.5. The standard InChI is InChI=1S/C25H27FN2O4S/c1-4-23(19-10-15-24(32-3)18(2)16-19)27-25(29)17-28(21-8-6-5-7-9-21)33(30,31)22-13-11-20(26)12-14-22/h5-16,23H,4,17H2,1-3H3,(H,27,29). The maximum absolute atomic E-state index is 13.3. The number of aryl methyl sites for hydroxylation is 1. The lowest BCUT2D eigenvalue weighted by molar-refractivity contribution is -0.120. The molecule has 0 aliphatic rings. The van der Waals surface area contributed by atoms with Gasteiger partial charge in [-0.2, -0.15) is 0 Å². The molecule has 174 valence electrons. The summed E-state index contributed by atoms with van der Waals surface area (Å²) in [7, 11) is -2.50. The molecule has 0 heterocycles. The molecular weight excluding hydrogens is 443 g/mol. The molecule has 0 aliphatic heterocycles. The molecule has 33 heavy (non-hydrogen) atoms. The molecule has 0 aromatic heterocycles. The summed E-state index contributed by atoms with van der Waals surface area (Å²) in [5, 5.41) is 2.93. The van der Waals surface area contributed by atoms with Gasteiger partial charge in [0.05, 0.1) is 23.7 Å². The highest BCUT2D eigenvalue weighted by molar-refractivity contribution is 7.92. The molecule has 0 fully saturated rings. The number of carbonyl (C=O) groups excluding carboxylic acids is 1.